The van der Waals surface area contributed by atoms with Crippen molar-refractivity contribution in [3.05, 3.63) is 90.6 Å². The van der Waals surface area contributed by atoms with Gasteiger partial charge >= 0.3 is 0 Å². The monoisotopic (exact) mass is 396 g/mol. The molecule has 0 aliphatic carbocycles. The summed E-state index contributed by atoms with van der Waals surface area (Å²) in [4.78, 5) is 20.6. The number of imidazole rings is 1. The summed E-state index contributed by atoms with van der Waals surface area (Å²) in [6, 6.07) is 17.2. The number of amides is 1. The van der Waals surface area contributed by atoms with E-state index in [9.17, 15) is 4.79 Å². The van der Waals surface area contributed by atoms with E-state index in [-0.39, 0.29) is 19.1 Å². The van der Waals surface area contributed by atoms with Crippen LogP contribution in [0.25, 0.3) is 10.9 Å². The molecule has 4 aromatic rings. The fraction of sp³-hybridized carbons (Fsp3) is 0.125. The molecule has 0 aliphatic rings. The minimum absolute atomic E-state index is 0.155. The number of nitrogens with zero attached hydrogens (tertiary/aromatic N) is 3. The molecule has 0 unspecified atom stereocenters. The molecule has 0 bridgehead atoms. The molecule has 148 valence electrons. The summed E-state index contributed by atoms with van der Waals surface area (Å²) in [5, 5.41) is 3.82. The van der Waals surface area contributed by atoms with Gasteiger partial charge in [0.1, 0.15) is 17.9 Å². The Morgan fingerprint density at radius 2 is 1.90 bits per heavy atom. The molecule has 0 saturated carbocycles. The number of benzene rings is 2. The van der Waals surface area contributed by atoms with Crippen molar-refractivity contribution in [3.8, 4) is 17.6 Å². The molecule has 0 fully saturated rings. The number of fused-ring (bicyclic) bond motifs is 1. The summed E-state index contributed by atoms with van der Waals surface area (Å²) in [7, 11) is 0. The maximum atomic E-state index is 12.2. The zero-order chi connectivity index (χ0) is 20.6. The van der Waals surface area contributed by atoms with Crippen molar-refractivity contribution in [2.75, 3.05) is 13.2 Å². The number of aromatic nitrogens is 3. The highest BCUT2D eigenvalue weighted by molar-refractivity contribution is 5.94. The predicted molar refractivity (Wildman–Crippen MR) is 115 cm³/mol. The van der Waals surface area contributed by atoms with Gasteiger partial charge in [0, 0.05) is 36.1 Å². The lowest BCUT2D eigenvalue weighted by Crippen LogP contribution is -2.23. The molecule has 2 aromatic carbocycles. The molecule has 4 rings (SSSR count). The van der Waals surface area contributed by atoms with E-state index in [1.807, 2.05) is 65.4 Å². The molecule has 2 aromatic heterocycles. The first-order valence-corrected chi connectivity index (χ1v) is 9.55. The Hall–Kier alpha value is -4.11. The number of para-hydroxylation sites is 1. The second-order valence-electron chi connectivity index (χ2n) is 6.59. The average molecular weight is 396 g/mol. The molecule has 0 radical (unpaired) electrons. The Morgan fingerprint density at radius 3 is 2.73 bits per heavy atom. The van der Waals surface area contributed by atoms with Crippen LogP contribution >= 0.6 is 0 Å². The Balaban J connectivity index is 1.24. The molecule has 0 saturated heterocycles. The molecule has 1 amide bonds. The largest absolute Gasteiger partial charge is 0.479 e. The minimum Gasteiger partial charge on any atom is -0.479 e. The van der Waals surface area contributed by atoms with E-state index in [1.54, 1.807) is 18.7 Å². The van der Waals surface area contributed by atoms with Gasteiger partial charge in [0.05, 0.1) is 12.9 Å². The van der Waals surface area contributed by atoms with Gasteiger partial charge in [-0.2, -0.15) is 0 Å². The van der Waals surface area contributed by atoms with Gasteiger partial charge in [-0.3, -0.25) is 9.78 Å². The summed E-state index contributed by atoms with van der Waals surface area (Å²) < 4.78 is 7.69. The van der Waals surface area contributed by atoms with E-state index in [0.29, 0.717) is 11.3 Å². The second kappa shape index (κ2) is 9.39. The Morgan fingerprint density at radius 1 is 1.03 bits per heavy atom. The van der Waals surface area contributed by atoms with Crippen LogP contribution in [0.2, 0.25) is 0 Å². The quantitative estimate of drug-likeness (QED) is 0.508. The molecule has 0 atom stereocenters. The Kier molecular flexibility index (Phi) is 6.02. The third-order valence-electron chi connectivity index (χ3n) is 4.50. The lowest BCUT2D eigenvalue weighted by molar-refractivity contribution is 0.0958. The van der Waals surface area contributed by atoms with Gasteiger partial charge in [-0.05, 0) is 29.8 Å². The van der Waals surface area contributed by atoms with Crippen molar-refractivity contribution in [1.29, 1.82) is 0 Å². The van der Waals surface area contributed by atoms with Crippen LogP contribution in [0.1, 0.15) is 15.9 Å². The van der Waals surface area contributed by atoms with Gasteiger partial charge in [-0.1, -0.05) is 42.2 Å². The number of rotatable bonds is 6. The molecule has 0 spiro atoms. The van der Waals surface area contributed by atoms with Gasteiger partial charge in [0.2, 0.25) is 0 Å². The highest BCUT2D eigenvalue weighted by atomic mass is 16.5. The zero-order valence-corrected chi connectivity index (χ0v) is 16.3. The fourth-order valence-electron chi connectivity index (χ4n) is 3.00. The minimum atomic E-state index is -0.155. The van der Waals surface area contributed by atoms with Crippen LogP contribution in [0.4, 0.5) is 0 Å². The van der Waals surface area contributed by atoms with Gasteiger partial charge in [0.15, 0.2) is 0 Å². The lowest BCUT2D eigenvalue weighted by Gasteiger charge is -2.05. The van der Waals surface area contributed by atoms with Crippen molar-refractivity contribution in [3.63, 3.8) is 0 Å². The highest BCUT2D eigenvalue weighted by Gasteiger charge is 2.04. The number of carbonyl (C=O) groups is 1. The first-order chi connectivity index (χ1) is 14.8. The number of nitrogens with one attached hydrogen (secondary N) is 1. The summed E-state index contributed by atoms with van der Waals surface area (Å²) in [6.45, 7) is 1.21. The van der Waals surface area contributed by atoms with Crippen molar-refractivity contribution < 1.29 is 9.53 Å². The fourth-order valence-corrected chi connectivity index (χ4v) is 3.00. The van der Waals surface area contributed by atoms with Gasteiger partial charge in [-0.25, -0.2) is 4.98 Å². The normalized spacial score (nSPS) is 10.3. The molecular weight excluding hydrogens is 376 g/mol. The first kappa shape index (κ1) is 19.2. The van der Waals surface area contributed by atoms with Crippen LogP contribution < -0.4 is 10.1 Å². The highest BCUT2D eigenvalue weighted by Crippen LogP contribution is 2.22. The summed E-state index contributed by atoms with van der Waals surface area (Å²) >= 11 is 0. The number of ether oxygens (including phenoxy) is 1. The summed E-state index contributed by atoms with van der Waals surface area (Å²) in [6.07, 6.45) is 7.15. The van der Waals surface area contributed by atoms with Crippen molar-refractivity contribution in [2.45, 2.75) is 6.54 Å². The number of pyridine rings is 1. The van der Waals surface area contributed by atoms with E-state index in [4.69, 9.17) is 4.74 Å². The van der Waals surface area contributed by atoms with Crippen LogP contribution in [0.3, 0.4) is 0 Å². The van der Waals surface area contributed by atoms with Gasteiger partial charge in [0.25, 0.3) is 5.91 Å². The summed E-state index contributed by atoms with van der Waals surface area (Å²) in [5.41, 5.74) is 2.51. The van der Waals surface area contributed by atoms with Crippen LogP contribution in [-0.2, 0) is 6.54 Å². The van der Waals surface area contributed by atoms with Crippen molar-refractivity contribution in [1.82, 2.24) is 19.9 Å². The van der Waals surface area contributed by atoms with E-state index in [0.717, 1.165) is 23.0 Å². The molecule has 6 heteroatoms. The Labute approximate surface area is 174 Å². The third kappa shape index (κ3) is 4.83. The van der Waals surface area contributed by atoms with Gasteiger partial charge in [-0.15, -0.1) is 0 Å². The average Bonchev–Trinajstić information content (AvgIpc) is 3.29. The molecule has 0 aliphatic heterocycles. The first-order valence-electron chi connectivity index (χ1n) is 9.55. The van der Waals surface area contributed by atoms with E-state index in [2.05, 4.69) is 27.1 Å². The van der Waals surface area contributed by atoms with Crippen LogP contribution in [0, 0.1) is 11.8 Å². The van der Waals surface area contributed by atoms with Crippen LogP contribution in [0.5, 0.6) is 5.75 Å². The second-order valence-corrected chi connectivity index (χ2v) is 6.59. The molecule has 6 nitrogen and oxygen atoms in total. The topological polar surface area (TPSA) is 69.0 Å². The lowest BCUT2D eigenvalue weighted by atomic mass is 10.1. The number of hydrogen-bond acceptors (Lipinski definition) is 4. The maximum absolute atomic E-state index is 12.2. The van der Waals surface area contributed by atoms with E-state index in [1.165, 1.54) is 0 Å². The smallest absolute Gasteiger partial charge is 0.252 e. The standard InChI is InChI=1S/C24H20N4O2/c29-24(21-10-8-19(9-11-21)17-28-15-14-25-18-28)27-12-1-2-16-30-22-7-3-5-20-6-4-13-26-23(20)22/h3-11,13-15,18H,12,16-17H2,(H,27,29). The number of carbonyl (C=O) groups excluding carboxylic acids is 1. The Bertz CT molecular complexity index is 1180. The molecule has 2 heterocycles. The molecule has 30 heavy (non-hydrogen) atoms. The van der Waals surface area contributed by atoms with Crippen molar-refractivity contribution >= 4 is 16.8 Å². The third-order valence-corrected chi connectivity index (χ3v) is 4.50. The predicted octanol–water partition coefficient (Wildman–Crippen LogP) is 3.29. The van der Waals surface area contributed by atoms with E-state index >= 15 is 0 Å². The van der Waals surface area contributed by atoms with Gasteiger partial charge < -0.3 is 14.6 Å². The molecular formula is C24H20N4O2. The van der Waals surface area contributed by atoms with Crippen LogP contribution in [-0.4, -0.2) is 33.6 Å². The van der Waals surface area contributed by atoms with Crippen LogP contribution in [0.15, 0.2) is 79.5 Å². The maximum Gasteiger partial charge on any atom is 0.252 e. The summed E-state index contributed by atoms with van der Waals surface area (Å²) in [5.74, 6) is 6.37. The van der Waals surface area contributed by atoms with Crippen molar-refractivity contribution in [2.24, 2.45) is 0 Å². The van der Waals surface area contributed by atoms with E-state index < -0.39 is 0 Å². The SMILES string of the molecule is O=C(NCC#CCOc1cccc2cccnc12)c1ccc(Cn2ccnc2)cc1. The number of hydrogen-bond donors (Lipinski definition) is 1. The zero-order valence-electron chi connectivity index (χ0n) is 16.3. The molecule has 1 N–H and O–H groups in total.